The van der Waals surface area contributed by atoms with Crippen LogP contribution in [0.4, 0.5) is 0 Å². The number of unbranched alkanes of at least 4 members (excludes halogenated alkanes) is 3. The third-order valence-electron chi connectivity index (χ3n) is 2.62. The summed E-state index contributed by atoms with van der Waals surface area (Å²) in [4.78, 5) is 8.50. The van der Waals surface area contributed by atoms with Crippen molar-refractivity contribution in [2.24, 2.45) is 9.98 Å². The Balaban J connectivity index is 3.63. The lowest BCUT2D eigenvalue weighted by molar-refractivity contribution is 0.577. The Morgan fingerprint density at radius 1 is 0.933 bits per heavy atom. The average molecular weight is 210 g/mol. The van der Waals surface area contributed by atoms with E-state index < -0.39 is 0 Å². The molecule has 0 bridgehead atoms. The second kappa shape index (κ2) is 9.92. The number of hydrogen-bond acceptors (Lipinski definition) is 2. The number of nitrogens with zero attached hydrogens (tertiary/aromatic N) is 2. The van der Waals surface area contributed by atoms with Gasteiger partial charge in [-0.2, -0.15) is 0 Å². The van der Waals surface area contributed by atoms with Crippen molar-refractivity contribution in [1.82, 2.24) is 0 Å². The van der Waals surface area contributed by atoms with E-state index in [4.69, 9.17) is 0 Å². The van der Waals surface area contributed by atoms with E-state index in [0.717, 1.165) is 6.42 Å². The maximum atomic E-state index is 4.29. The summed E-state index contributed by atoms with van der Waals surface area (Å²) in [5, 5.41) is 0. The molecule has 0 heterocycles. The van der Waals surface area contributed by atoms with Crippen LogP contribution in [-0.2, 0) is 0 Å². The fourth-order valence-electron chi connectivity index (χ4n) is 1.25. The van der Waals surface area contributed by atoms with Gasteiger partial charge in [-0.05, 0) is 26.7 Å². The van der Waals surface area contributed by atoms with Crippen molar-refractivity contribution in [2.45, 2.75) is 78.3 Å². The Labute approximate surface area is 94.9 Å². The van der Waals surface area contributed by atoms with E-state index in [2.05, 4.69) is 43.7 Å². The van der Waals surface area contributed by atoms with Crippen LogP contribution in [-0.4, -0.2) is 18.1 Å². The molecule has 0 aliphatic carbocycles. The molecule has 2 heteroatoms. The van der Waals surface area contributed by atoms with Gasteiger partial charge < -0.3 is 0 Å². The summed E-state index contributed by atoms with van der Waals surface area (Å²) in [7, 11) is 0. The van der Waals surface area contributed by atoms with Crippen molar-refractivity contribution in [3.63, 3.8) is 0 Å². The standard InChI is InChI=1S/C13H26N2/c1-5-7-8-9-10-13(4)15-11-14-12(3)6-2/h12-13H,5-10H2,1-4H3. The predicted octanol–water partition coefficient (Wildman–Crippen LogP) is 4.32. The topological polar surface area (TPSA) is 24.7 Å². The summed E-state index contributed by atoms with van der Waals surface area (Å²) in [6.07, 6.45) is 7.49. The van der Waals surface area contributed by atoms with Gasteiger partial charge in [-0.1, -0.05) is 39.5 Å². The summed E-state index contributed by atoms with van der Waals surface area (Å²) in [6.45, 7) is 8.60. The predicted molar refractivity (Wildman–Crippen MR) is 67.8 cm³/mol. The van der Waals surface area contributed by atoms with Crippen molar-refractivity contribution in [2.75, 3.05) is 0 Å². The van der Waals surface area contributed by atoms with Crippen molar-refractivity contribution < 1.29 is 0 Å². The fraction of sp³-hybridized carbons (Fsp3) is 0.923. The van der Waals surface area contributed by atoms with Crippen LogP contribution >= 0.6 is 0 Å². The monoisotopic (exact) mass is 210 g/mol. The molecular weight excluding hydrogens is 184 g/mol. The van der Waals surface area contributed by atoms with Gasteiger partial charge in [0.1, 0.15) is 0 Å². The van der Waals surface area contributed by atoms with Crippen LogP contribution in [0.15, 0.2) is 9.98 Å². The Kier molecular flexibility index (Phi) is 9.51. The maximum Gasteiger partial charge on any atom is 0.0898 e. The normalized spacial score (nSPS) is 14.1. The lowest BCUT2D eigenvalue weighted by Gasteiger charge is -2.03. The van der Waals surface area contributed by atoms with E-state index in [0.29, 0.717) is 12.1 Å². The zero-order valence-electron chi connectivity index (χ0n) is 10.8. The van der Waals surface area contributed by atoms with E-state index in [1.165, 1.54) is 32.1 Å². The van der Waals surface area contributed by atoms with Crippen LogP contribution in [0.25, 0.3) is 0 Å². The molecule has 0 aliphatic heterocycles. The number of hydrogen-bond donors (Lipinski definition) is 0. The van der Waals surface area contributed by atoms with Gasteiger partial charge in [-0.15, -0.1) is 0 Å². The first-order valence-corrected chi connectivity index (χ1v) is 6.35. The first kappa shape index (κ1) is 14.4. The smallest absolute Gasteiger partial charge is 0.0898 e. The summed E-state index contributed by atoms with van der Waals surface area (Å²) >= 11 is 0. The average Bonchev–Trinajstić information content (AvgIpc) is 2.24. The number of rotatable bonds is 8. The van der Waals surface area contributed by atoms with E-state index in [1.807, 2.05) is 0 Å². The quantitative estimate of drug-likeness (QED) is 0.421. The summed E-state index contributed by atoms with van der Waals surface area (Å²) < 4.78 is 0. The Morgan fingerprint density at radius 2 is 1.60 bits per heavy atom. The summed E-state index contributed by atoms with van der Waals surface area (Å²) in [6, 6.07) is 3.57. The molecule has 0 saturated carbocycles. The maximum absolute atomic E-state index is 4.29. The van der Waals surface area contributed by atoms with Crippen LogP contribution in [0, 0.1) is 0 Å². The van der Waals surface area contributed by atoms with Gasteiger partial charge in [0.2, 0.25) is 0 Å². The minimum Gasteiger partial charge on any atom is -0.223 e. The zero-order valence-corrected chi connectivity index (χ0v) is 10.8. The van der Waals surface area contributed by atoms with Gasteiger partial charge in [0, 0.05) is 0 Å². The van der Waals surface area contributed by atoms with Crippen LogP contribution in [0.5, 0.6) is 0 Å². The fourth-order valence-corrected chi connectivity index (χ4v) is 1.25. The van der Waals surface area contributed by atoms with E-state index in [1.54, 1.807) is 0 Å². The van der Waals surface area contributed by atoms with E-state index >= 15 is 0 Å². The second-order valence-electron chi connectivity index (χ2n) is 4.31. The molecule has 0 aliphatic rings. The van der Waals surface area contributed by atoms with E-state index in [-0.39, 0.29) is 0 Å². The molecule has 88 valence electrons. The van der Waals surface area contributed by atoms with Crippen molar-refractivity contribution in [3.8, 4) is 0 Å². The van der Waals surface area contributed by atoms with Gasteiger partial charge in [-0.3, -0.25) is 0 Å². The lowest BCUT2D eigenvalue weighted by Crippen LogP contribution is -1.98. The third-order valence-corrected chi connectivity index (χ3v) is 2.62. The molecule has 0 amide bonds. The SMILES string of the molecule is CCCCCCC(C)N=C=NC(C)CC. The summed E-state index contributed by atoms with van der Waals surface area (Å²) in [5.41, 5.74) is 0. The van der Waals surface area contributed by atoms with Crippen molar-refractivity contribution >= 4 is 6.01 Å². The van der Waals surface area contributed by atoms with Gasteiger partial charge >= 0.3 is 0 Å². The molecule has 2 unspecified atom stereocenters. The minimum absolute atomic E-state index is 0.362. The molecule has 2 nitrogen and oxygen atoms in total. The van der Waals surface area contributed by atoms with Crippen LogP contribution in [0.3, 0.4) is 0 Å². The Hall–Kier alpha value is -0.620. The van der Waals surface area contributed by atoms with Gasteiger partial charge in [0.25, 0.3) is 0 Å². The van der Waals surface area contributed by atoms with Crippen molar-refractivity contribution in [1.29, 1.82) is 0 Å². The second-order valence-corrected chi connectivity index (χ2v) is 4.31. The zero-order chi connectivity index (χ0) is 11.5. The molecule has 0 saturated heterocycles. The van der Waals surface area contributed by atoms with Gasteiger partial charge in [0.15, 0.2) is 0 Å². The molecule has 2 atom stereocenters. The van der Waals surface area contributed by atoms with Crippen LogP contribution in [0.1, 0.15) is 66.2 Å². The van der Waals surface area contributed by atoms with Crippen LogP contribution in [0.2, 0.25) is 0 Å². The highest BCUT2D eigenvalue weighted by molar-refractivity contribution is 5.41. The molecule has 0 aromatic carbocycles. The molecule has 0 aromatic heterocycles. The Bertz CT molecular complexity index is 193. The number of aliphatic imine (C=N–C) groups is 2. The molecule has 0 N–H and O–H groups in total. The minimum atomic E-state index is 0.362. The highest BCUT2D eigenvalue weighted by atomic mass is 14.8. The Morgan fingerprint density at radius 3 is 2.20 bits per heavy atom. The largest absolute Gasteiger partial charge is 0.223 e. The lowest BCUT2D eigenvalue weighted by atomic mass is 10.1. The summed E-state index contributed by atoms with van der Waals surface area (Å²) in [5.74, 6) is 0. The molecule has 0 spiro atoms. The molecule has 0 aromatic rings. The highest BCUT2D eigenvalue weighted by Crippen LogP contribution is 2.07. The first-order valence-electron chi connectivity index (χ1n) is 6.35. The molecule has 15 heavy (non-hydrogen) atoms. The highest BCUT2D eigenvalue weighted by Gasteiger charge is 1.97. The van der Waals surface area contributed by atoms with Crippen molar-refractivity contribution in [3.05, 3.63) is 0 Å². The van der Waals surface area contributed by atoms with Crippen LogP contribution < -0.4 is 0 Å². The third kappa shape index (κ3) is 9.68. The molecular formula is C13H26N2. The van der Waals surface area contributed by atoms with E-state index in [9.17, 15) is 0 Å². The molecule has 0 fully saturated rings. The first-order chi connectivity index (χ1) is 7.20. The van der Waals surface area contributed by atoms with Gasteiger partial charge in [0.05, 0.1) is 18.1 Å². The molecule has 0 rings (SSSR count). The van der Waals surface area contributed by atoms with Gasteiger partial charge in [-0.25, -0.2) is 9.98 Å². The molecule has 0 radical (unpaired) electrons.